The van der Waals surface area contributed by atoms with Crippen LogP contribution >= 0.6 is 0 Å². The molecule has 0 unspecified atom stereocenters. The van der Waals surface area contributed by atoms with Crippen molar-refractivity contribution in [3.05, 3.63) is 59.3 Å². The molecular weight excluding hydrogens is 245 g/mol. The number of ether oxygens (including phenoxy) is 1. The molecule has 1 heterocycles. The Hall–Kier alpha value is -1.65. The summed E-state index contributed by atoms with van der Waals surface area (Å²) >= 11 is 0. The van der Waals surface area contributed by atoms with Crippen LogP contribution in [-0.2, 0) is 24.5 Å². The normalized spacial score (nSPS) is 10.8. The van der Waals surface area contributed by atoms with E-state index in [-0.39, 0.29) is 12.4 Å². The Morgan fingerprint density at radius 1 is 1.11 bits per heavy atom. The molecule has 0 radical (unpaired) electrons. The number of furan rings is 1. The van der Waals surface area contributed by atoms with Gasteiger partial charge in [0.1, 0.15) is 23.9 Å². The van der Waals surface area contributed by atoms with Crippen LogP contribution in [0.4, 0.5) is 4.39 Å². The van der Waals surface area contributed by atoms with Gasteiger partial charge >= 0.3 is 0 Å². The number of halogens is 1. The van der Waals surface area contributed by atoms with Crippen molar-refractivity contribution in [3.8, 4) is 0 Å². The van der Waals surface area contributed by atoms with Crippen LogP contribution in [0.1, 0.15) is 24.0 Å². The van der Waals surface area contributed by atoms with Crippen LogP contribution < -0.4 is 5.32 Å². The van der Waals surface area contributed by atoms with E-state index in [4.69, 9.17) is 9.15 Å². The maximum Gasteiger partial charge on any atom is 0.129 e. The van der Waals surface area contributed by atoms with E-state index < -0.39 is 0 Å². The van der Waals surface area contributed by atoms with E-state index in [1.807, 2.05) is 19.1 Å². The highest BCUT2D eigenvalue weighted by Gasteiger charge is 2.04. The molecule has 0 aliphatic carbocycles. The maximum atomic E-state index is 13.3. The third kappa shape index (κ3) is 4.19. The second-order valence-electron chi connectivity index (χ2n) is 4.23. The minimum Gasteiger partial charge on any atom is -0.462 e. The third-order valence-corrected chi connectivity index (χ3v) is 2.73. The molecule has 19 heavy (non-hydrogen) atoms. The summed E-state index contributed by atoms with van der Waals surface area (Å²) in [5.41, 5.74) is 0.557. The zero-order valence-electron chi connectivity index (χ0n) is 11.0. The van der Waals surface area contributed by atoms with Crippen LogP contribution in [0.2, 0.25) is 0 Å². The highest BCUT2D eigenvalue weighted by molar-refractivity contribution is 5.16. The number of hydrogen-bond acceptors (Lipinski definition) is 3. The molecule has 0 saturated carbocycles. The summed E-state index contributed by atoms with van der Waals surface area (Å²) in [6.07, 6.45) is 0. The lowest BCUT2D eigenvalue weighted by molar-refractivity contribution is 0.0899. The molecule has 4 heteroatoms. The third-order valence-electron chi connectivity index (χ3n) is 2.73. The minimum atomic E-state index is -0.241. The van der Waals surface area contributed by atoms with E-state index in [1.54, 1.807) is 18.2 Å². The SMILES string of the molecule is CCNCc1ccc(COCc2ccccc2F)o1. The van der Waals surface area contributed by atoms with Crippen LogP contribution in [0.25, 0.3) is 0 Å². The van der Waals surface area contributed by atoms with Crippen molar-refractivity contribution in [2.24, 2.45) is 0 Å². The summed E-state index contributed by atoms with van der Waals surface area (Å²) in [5, 5.41) is 3.18. The van der Waals surface area contributed by atoms with Gasteiger partial charge in [-0.05, 0) is 24.7 Å². The molecule has 0 aliphatic heterocycles. The van der Waals surface area contributed by atoms with Crippen LogP contribution in [0.5, 0.6) is 0 Å². The number of rotatable bonds is 7. The largest absolute Gasteiger partial charge is 0.462 e. The summed E-state index contributed by atoms with van der Waals surface area (Å²) in [6, 6.07) is 10.4. The van der Waals surface area contributed by atoms with Gasteiger partial charge < -0.3 is 14.5 Å². The van der Waals surface area contributed by atoms with Gasteiger partial charge in [0, 0.05) is 5.56 Å². The highest BCUT2D eigenvalue weighted by Crippen LogP contribution is 2.12. The molecule has 0 amide bonds. The zero-order chi connectivity index (χ0) is 13.5. The van der Waals surface area contributed by atoms with Crippen molar-refractivity contribution in [2.45, 2.75) is 26.7 Å². The lowest BCUT2D eigenvalue weighted by atomic mass is 10.2. The molecule has 1 N–H and O–H groups in total. The van der Waals surface area contributed by atoms with Crippen molar-refractivity contribution in [1.82, 2.24) is 5.32 Å². The summed E-state index contributed by atoms with van der Waals surface area (Å²) in [7, 11) is 0. The van der Waals surface area contributed by atoms with E-state index in [2.05, 4.69) is 5.32 Å². The van der Waals surface area contributed by atoms with Crippen molar-refractivity contribution in [1.29, 1.82) is 0 Å². The Kier molecular flexibility index (Phi) is 5.12. The topological polar surface area (TPSA) is 34.4 Å². The van der Waals surface area contributed by atoms with E-state index in [0.717, 1.165) is 18.1 Å². The van der Waals surface area contributed by atoms with Gasteiger partial charge in [0.25, 0.3) is 0 Å². The Morgan fingerprint density at radius 2 is 1.89 bits per heavy atom. The van der Waals surface area contributed by atoms with Crippen LogP contribution in [0, 0.1) is 5.82 Å². The van der Waals surface area contributed by atoms with Gasteiger partial charge in [-0.15, -0.1) is 0 Å². The Balaban J connectivity index is 1.79. The fraction of sp³-hybridized carbons (Fsp3) is 0.333. The first-order valence-corrected chi connectivity index (χ1v) is 6.39. The molecular formula is C15H18FNO2. The summed E-state index contributed by atoms with van der Waals surface area (Å²) < 4.78 is 24.4. The Labute approximate surface area is 112 Å². The smallest absolute Gasteiger partial charge is 0.129 e. The average molecular weight is 263 g/mol. The van der Waals surface area contributed by atoms with Crippen molar-refractivity contribution in [3.63, 3.8) is 0 Å². The standard InChI is InChI=1S/C15H18FNO2/c1-2-17-9-13-7-8-14(19-13)11-18-10-12-5-3-4-6-15(12)16/h3-8,17H,2,9-11H2,1H3. The fourth-order valence-corrected chi connectivity index (χ4v) is 1.72. The lowest BCUT2D eigenvalue weighted by Crippen LogP contribution is -2.10. The Bertz CT molecular complexity index is 510. The minimum absolute atomic E-state index is 0.241. The van der Waals surface area contributed by atoms with Gasteiger partial charge in [0.05, 0.1) is 13.2 Å². The molecule has 0 aliphatic rings. The van der Waals surface area contributed by atoms with E-state index >= 15 is 0 Å². The summed E-state index contributed by atoms with van der Waals surface area (Å²) in [4.78, 5) is 0. The fourth-order valence-electron chi connectivity index (χ4n) is 1.72. The van der Waals surface area contributed by atoms with Crippen molar-refractivity contribution in [2.75, 3.05) is 6.54 Å². The quantitative estimate of drug-likeness (QED) is 0.832. The first-order chi connectivity index (χ1) is 9.29. The Morgan fingerprint density at radius 3 is 2.68 bits per heavy atom. The predicted molar refractivity (Wildman–Crippen MR) is 71.0 cm³/mol. The van der Waals surface area contributed by atoms with Crippen LogP contribution in [0.15, 0.2) is 40.8 Å². The monoisotopic (exact) mass is 263 g/mol. The van der Waals surface area contributed by atoms with Gasteiger partial charge in [-0.3, -0.25) is 0 Å². The second kappa shape index (κ2) is 7.07. The van der Waals surface area contributed by atoms with Gasteiger partial charge in [-0.1, -0.05) is 25.1 Å². The zero-order valence-corrected chi connectivity index (χ0v) is 11.0. The van der Waals surface area contributed by atoms with Gasteiger partial charge in [0.2, 0.25) is 0 Å². The molecule has 2 aromatic rings. The first kappa shape index (κ1) is 13.8. The molecule has 0 fully saturated rings. The molecule has 3 nitrogen and oxygen atoms in total. The lowest BCUT2D eigenvalue weighted by Gasteiger charge is -2.03. The van der Waals surface area contributed by atoms with Crippen LogP contribution in [0.3, 0.4) is 0 Å². The second-order valence-corrected chi connectivity index (χ2v) is 4.23. The molecule has 2 rings (SSSR count). The van der Waals surface area contributed by atoms with E-state index in [0.29, 0.717) is 18.7 Å². The van der Waals surface area contributed by atoms with Gasteiger partial charge in [-0.25, -0.2) is 4.39 Å². The molecule has 0 saturated heterocycles. The number of hydrogen-bond donors (Lipinski definition) is 1. The number of benzene rings is 1. The average Bonchev–Trinajstić information content (AvgIpc) is 2.86. The molecule has 0 spiro atoms. The predicted octanol–water partition coefficient (Wildman–Crippen LogP) is 3.25. The first-order valence-electron chi connectivity index (χ1n) is 6.39. The van der Waals surface area contributed by atoms with E-state index in [1.165, 1.54) is 6.07 Å². The van der Waals surface area contributed by atoms with Gasteiger partial charge in [-0.2, -0.15) is 0 Å². The highest BCUT2D eigenvalue weighted by atomic mass is 19.1. The van der Waals surface area contributed by atoms with E-state index in [9.17, 15) is 4.39 Å². The molecule has 0 atom stereocenters. The van der Waals surface area contributed by atoms with Crippen molar-refractivity contribution < 1.29 is 13.5 Å². The number of nitrogens with one attached hydrogen (secondary N) is 1. The summed E-state index contributed by atoms with van der Waals surface area (Å²) in [5.74, 6) is 1.39. The molecule has 102 valence electrons. The van der Waals surface area contributed by atoms with Crippen molar-refractivity contribution >= 4 is 0 Å². The maximum absolute atomic E-state index is 13.3. The molecule has 0 bridgehead atoms. The van der Waals surface area contributed by atoms with Gasteiger partial charge in [0.15, 0.2) is 0 Å². The summed E-state index contributed by atoms with van der Waals surface area (Å²) in [6.45, 7) is 4.25. The van der Waals surface area contributed by atoms with Crippen LogP contribution in [-0.4, -0.2) is 6.54 Å². The molecule has 1 aromatic heterocycles. The molecule has 1 aromatic carbocycles.